The lowest BCUT2D eigenvalue weighted by molar-refractivity contribution is -0.115. The lowest BCUT2D eigenvalue weighted by Crippen LogP contribution is -2.20. The summed E-state index contributed by atoms with van der Waals surface area (Å²) in [6.45, 7) is 5.30. The van der Waals surface area contributed by atoms with Gasteiger partial charge in [0, 0.05) is 34.8 Å². The number of benzene rings is 1. The first-order valence-corrected chi connectivity index (χ1v) is 10.2. The van der Waals surface area contributed by atoms with Crippen molar-refractivity contribution in [3.05, 3.63) is 48.9 Å². The molecule has 7 heteroatoms. The van der Waals surface area contributed by atoms with Crippen LogP contribution in [0.4, 0.5) is 0 Å². The van der Waals surface area contributed by atoms with Gasteiger partial charge in [-0.15, -0.1) is 0 Å². The zero-order valence-corrected chi connectivity index (χ0v) is 15.9. The summed E-state index contributed by atoms with van der Waals surface area (Å²) in [7, 11) is -2.83. The van der Waals surface area contributed by atoms with Gasteiger partial charge in [-0.3, -0.25) is 9.78 Å². The molecule has 0 N–H and O–H groups in total. The van der Waals surface area contributed by atoms with Gasteiger partial charge in [-0.05, 0) is 43.2 Å². The Morgan fingerprint density at radius 2 is 2.04 bits per heavy atom. The van der Waals surface area contributed by atoms with Gasteiger partial charge in [0.15, 0.2) is 0 Å². The van der Waals surface area contributed by atoms with Gasteiger partial charge >= 0.3 is 0 Å². The van der Waals surface area contributed by atoms with Crippen LogP contribution in [0.5, 0.6) is 0 Å². The van der Waals surface area contributed by atoms with E-state index >= 15 is 0 Å². The Balaban J connectivity index is 2.15. The van der Waals surface area contributed by atoms with Crippen molar-refractivity contribution in [1.29, 1.82) is 0 Å². The molecule has 1 atom stereocenters. The highest BCUT2D eigenvalue weighted by atomic mass is 32.2. The fourth-order valence-electron chi connectivity index (χ4n) is 3.06. The van der Waals surface area contributed by atoms with E-state index in [2.05, 4.69) is 14.4 Å². The van der Waals surface area contributed by atoms with E-state index in [1.54, 1.807) is 23.1 Å². The third-order valence-electron chi connectivity index (χ3n) is 4.35. The van der Waals surface area contributed by atoms with E-state index < -0.39 is 15.6 Å². The fraction of sp³-hybridized carbons (Fsp3) is 0.316. The molecule has 26 heavy (non-hydrogen) atoms. The Morgan fingerprint density at radius 1 is 1.27 bits per heavy atom. The Bertz CT molecular complexity index is 1050. The minimum absolute atomic E-state index is 0.169. The van der Waals surface area contributed by atoms with E-state index in [4.69, 9.17) is 0 Å². The van der Waals surface area contributed by atoms with Crippen LogP contribution in [-0.2, 0) is 14.5 Å². The molecule has 1 amide bonds. The highest BCUT2D eigenvalue weighted by molar-refractivity contribution is 7.94. The van der Waals surface area contributed by atoms with Gasteiger partial charge in [-0.1, -0.05) is 13.8 Å². The molecule has 0 spiro atoms. The third kappa shape index (κ3) is 3.39. The lowest BCUT2D eigenvalue weighted by Gasteiger charge is -2.18. The van der Waals surface area contributed by atoms with Crippen molar-refractivity contribution in [2.75, 3.05) is 0 Å². The van der Waals surface area contributed by atoms with E-state index in [9.17, 15) is 9.00 Å². The molecule has 1 unspecified atom stereocenters. The summed E-state index contributed by atoms with van der Waals surface area (Å²) < 4.78 is 19.4. The molecule has 0 bridgehead atoms. The first-order valence-electron chi connectivity index (χ1n) is 8.64. The standard InChI is InChI=1S/C19H22N4O2S/c1-4-17(5-2)26(25,22-14(3)24)18-8-9-19-15(11-18)13-23(21-19)16-7-6-10-20-12-16/h6-13,17H,4-5H2,1-3H3. The van der Waals surface area contributed by atoms with Crippen molar-refractivity contribution < 1.29 is 9.00 Å². The average molecular weight is 370 g/mol. The largest absolute Gasteiger partial charge is 0.272 e. The van der Waals surface area contributed by atoms with Crippen LogP contribution in [0.2, 0.25) is 0 Å². The van der Waals surface area contributed by atoms with E-state index in [0.29, 0.717) is 17.7 Å². The summed E-state index contributed by atoms with van der Waals surface area (Å²) in [5, 5.41) is 5.22. The monoisotopic (exact) mass is 370 g/mol. The predicted octanol–water partition coefficient (Wildman–Crippen LogP) is 3.98. The van der Waals surface area contributed by atoms with Crippen molar-refractivity contribution >= 4 is 26.5 Å². The number of nitrogens with zero attached hydrogens (tertiary/aromatic N) is 4. The second kappa shape index (κ2) is 7.37. The van der Waals surface area contributed by atoms with Gasteiger partial charge in [0.05, 0.1) is 27.1 Å². The molecule has 2 heterocycles. The summed E-state index contributed by atoms with van der Waals surface area (Å²) >= 11 is 0. The molecular formula is C19H22N4O2S. The highest BCUT2D eigenvalue weighted by Gasteiger charge is 2.24. The van der Waals surface area contributed by atoms with Crippen LogP contribution < -0.4 is 0 Å². The summed E-state index contributed by atoms with van der Waals surface area (Å²) in [4.78, 5) is 16.3. The van der Waals surface area contributed by atoms with E-state index in [1.165, 1.54) is 6.92 Å². The number of aromatic nitrogens is 3. The van der Waals surface area contributed by atoms with Crippen LogP contribution in [0.3, 0.4) is 0 Å². The molecule has 136 valence electrons. The second-order valence-corrected chi connectivity index (χ2v) is 8.58. The van der Waals surface area contributed by atoms with E-state index in [-0.39, 0.29) is 5.25 Å². The van der Waals surface area contributed by atoms with Crippen molar-refractivity contribution in [3.63, 3.8) is 0 Å². The lowest BCUT2D eigenvalue weighted by atomic mass is 10.2. The number of hydrogen-bond acceptors (Lipinski definition) is 4. The number of pyridine rings is 1. The molecule has 1 aromatic carbocycles. The fourth-order valence-corrected chi connectivity index (χ4v) is 5.54. The van der Waals surface area contributed by atoms with Gasteiger partial charge in [0.25, 0.3) is 5.91 Å². The topological polar surface area (TPSA) is 77.2 Å². The molecule has 6 nitrogen and oxygen atoms in total. The van der Waals surface area contributed by atoms with Crippen LogP contribution in [0.15, 0.2) is 58.2 Å². The number of hydrogen-bond donors (Lipinski definition) is 0. The van der Waals surface area contributed by atoms with Crippen LogP contribution in [0.25, 0.3) is 16.6 Å². The maximum Gasteiger partial charge on any atom is 0.250 e. The number of amides is 1. The van der Waals surface area contributed by atoms with Gasteiger partial charge in [0.1, 0.15) is 0 Å². The van der Waals surface area contributed by atoms with Crippen LogP contribution in [-0.4, -0.2) is 30.1 Å². The first kappa shape index (κ1) is 18.3. The number of fused-ring (bicyclic) bond motifs is 1. The Hall–Kier alpha value is -2.54. The number of carbonyl (C=O) groups excluding carboxylic acids is 1. The predicted molar refractivity (Wildman–Crippen MR) is 103 cm³/mol. The van der Waals surface area contributed by atoms with Crippen molar-refractivity contribution in [2.45, 2.75) is 43.8 Å². The molecule has 0 saturated carbocycles. The Morgan fingerprint density at radius 3 is 2.65 bits per heavy atom. The Labute approximate surface area is 153 Å². The molecule has 0 saturated heterocycles. The minimum Gasteiger partial charge on any atom is -0.272 e. The van der Waals surface area contributed by atoms with Gasteiger partial charge in [0.2, 0.25) is 0 Å². The molecule has 0 fully saturated rings. The first-order chi connectivity index (χ1) is 12.5. The van der Waals surface area contributed by atoms with Crippen LogP contribution in [0.1, 0.15) is 33.6 Å². The van der Waals surface area contributed by atoms with E-state index in [1.807, 2.05) is 44.3 Å². The average Bonchev–Trinajstić information content (AvgIpc) is 3.06. The Kier molecular flexibility index (Phi) is 5.18. The summed E-state index contributed by atoms with van der Waals surface area (Å²) in [6.07, 6.45) is 6.69. The number of carbonyl (C=O) groups is 1. The maximum atomic E-state index is 13.7. The molecule has 3 rings (SSSR count). The molecule has 0 aliphatic heterocycles. The van der Waals surface area contributed by atoms with Crippen LogP contribution >= 0.6 is 0 Å². The van der Waals surface area contributed by atoms with Crippen molar-refractivity contribution in [3.8, 4) is 5.69 Å². The molecular weight excluding hydrogens is 348 g/mol. The van der Waals surface area contributed by atoms with Crippen molar-refractivity contribution in [1.82, 2.24) is 14.8 Å². The minimum atomic E-state index is -2.83. The van der Waals surface area contributed by atoms with Crippen molar-refractivity contribution in [2.24, 2.45) is 4.36 Å². The SMILES string of the molecule is CCC(CC)S(=O)(=NC(C)=O)c1ccc2nn(-c3cccnc3)cc2c1. The third-order valence-corrected chi connectivity index (χ3v) is 7.38. The summed E-state index contributed by atoms with van der Waals surface area (Å²) in [5.41, 5.74) is 1.63. The van der Waals surface area contributed by atoms with Gasteiger partial charge in [-0.2, -0.15) is 9.46 Å². The molecule has 0 aliphatic rings. The zero-order chi connectivity index (χ0) is 18.7. The van der Waals surface area contributed by atoms with Gasteiger partial charge in [-0.25, -0.2) is 8.89 Å². The van der Waals surface area contributed by atoms with Gasteiger partial charge < -0.3 is 0 Å². The quantitative estimate of drug-likeness (QED) is 0.680. The molecule has 2 aromatic heterocycles. The molecule has 3 aromatic rings. The highest BCUT2D eigenvalue weighted by Crippen LogP contribution is 2.27. The smallest absolute Gasteiger partial charge is 0.250 e. The zero-order valence-electron chi connectivity index (χ0n) is 15.1. The molecule has 0 radical (unpaired) electrons. The molecule has 0 aliphatic carbocycles. The van der Waals surface area contributed by atoms with Crippen LogP contribution in [0, 0.1) is 0 Å². The second-order valence-electron chi connectivity index (χ2n) is 6.12. The summed E-state index contributed by atoms with van der Waals surface area (Å²) in [6, 6.07) is 9.20. The number of rotatable bonds is 5. The normalized spacial score (nSPS) is 13.7. The maximum absolute atomic E-state index is 13.7. The summed E-state index contributed by atoms with van der Waals surface area (Å²) in [5.74, 6) is -0.409. The van der Waals surface area contributed by atoms with E-state index in [0.717, 1.165) is 16.6 Å².